The number of nitrogens with one attached hydrogen (secondary N) is 1. The standard InChI is InChI=1S/C21H18Cl2F6N2O2/c1-11-5-12(3-4-16(11)18(32)30-10-20(24,25)26)17-9-19(21(27,28)29,33-31(17)2)13-6-14(22)8-15(23)7-13/h3-8,17H,9-10H2,1-2H3,(H,30,32). The minimum Gasteiger partial charge on any atom is -0.343 e. The van der Waals surface area contributed by atoms with Crippen LogP contribution >= 0.6 is 23.2 Å². The number of rotatable bonds is 4. The molecule has 1 heterocycles. The molecule has 0 radical (unpaired) electrons. The summed E-state index contributed by atoms with van der Waals surface area (Å²) in [6.07, 6.45) is -9.93. The highest BCUT2D eigenvalue weighted by Gasteiger charge is 2.63. The van der Waals surface area contributed by atoms with E-state index in [0.29, 0.717) is 11.1 Å². The summed E-state index contributed by atoms with van der Waals surface area (Å²) >= 11 is 11.8. The first-order valence-electron chi connectivity index (χ1n) is 9.54. The van der Waals surface area contributed by atoms with Gasteiger partial charge in [-0.15, -0.1) is 0 Å². The van der Waals surface area contributed by atoms with Gasteiger partial charge in [0.1, 0.15) is 6.54 Å². The summed E-state index contributed by atoms with van der Waals surface area (Å²) in [7, 11) is 1.34. The Morgan fingerprint density at radius 1 is 1.12 bits per heavy atom. The third-order valence-electron chi connectivity index (χ3n) is 5.34. The smallest absolute Gasteiger partial charge is 0.343 e. The molecule has 2 aromatic rings. The number of carbonyl (C=O) groups excluding carboxylic acids is 1. The van der Waals surface area contributed by atoms with E-state index in [-0.39, 0.29) is 21.2 Å². The Labute approximate surface area is 195 Å². The van der Waals surface area contributed by atoms with Gasteiger partial charge in [-0.25, -0.2) is 0 Å². The van der Waals surface area contributed by atoms with Gasteiger partial charge in [-0.2, -0.15) is 31.4 Å². The average molecular weight is 515 g/mol. The molecule has 0 aliphatic carbocycles. The molecule has 0 saturated carbocycles. The molecule has 2 unspecified atom stereocenters. The van der Waals surface area contributed by atoms with Crippen LogP contribution in [0, 0.1) is 6.92 Å². The molecule has 3 rings (SSSR count). The van der Waals surface area contributed by atoms with Gasteiger partial charge in [0.25, 0.3) is 5.91 Å². The quantitative estimate of drug-likeness (QED) is 0.482. The van der Waals surface area contributed by atoms with Crippen LogP contribution in [-0.2, 0) is 10.4 Å². The predicted octanol–water partition coefficient (Wildman–Crippen LogP) is 6.36. The summed E-state index contributed by atoms with van der Waals surface area (Å²) in [5, 5.41) is 2.86. The lowest BCUT2D eigenvalue weighted by atomic mass is 9.85. The first-order chi connectivity index (χ1) is 15.1. The van der Waals surface area contributed by atoms with E-state index in [1.807, 2.05) is 0 Å². The summed E-state index contributed by atoms with van der Waals surface area (Å²) in [5.41, 5.74) is -2.31. The van der Waals surface area contributed by atoms with Crippen LogP contribution in [0.4, 0.5) is 26.3 Å². The lowest BCUT2D eigenvalue weighted by Gasteiger charge is -2.31. The third-order valence-corrected chi connectivity index (χ3v) is 5.77. The highest BCUT2D eigenvalue weighted by atomic mass is 35.5. The predicted molar refractivity (Wildman–Crippen MR) is 110 cm³/mol. The van der Waals surface area contributed by atoms with Gasteiger partial charge in [0, 0.05) is 29.1 Å². The first kappa shape index (κ1) is 25.6. The van der Waals surface area contributed by atoms with Crippen LogP contribution < -0.4 is 5.32 Å². The highest BCUT2D eigenvalue weighted by Crippen LogP contribution is 2.54. The van der Waals surface area contributed by atoms with Crippen LogP contribution in [0.5, 0.6) is 0 Å². The number of benzene rings is 2. The van der Waals surface area contributed by atoms with Crippen molar-refractivity contribution in [3.05, 3.63) is 68.7 Å². The van der Waals surface area contributed by atoms with Gasteiger partial charge >= 0.3 is 12.4 Å². The van der Waals surface area contributed by atoms with Gasteiger partial charge in [0.15, 0.2) is 0 Å². The number of aryl methyl sites for hydroxylation is 1. The number of hydrogen-bond donors (Lipinski definition) is 1. The van der Waals surface area contributed by atoms with Crippen LogP contribution in [-0.4, -0.2) is 36.9 Å². The minimum absolute atomic E-state index is 0.0147. The summed E-state index contributed by atoms with van der Waals surface area (Å²) in [6.45, 7) is -0.0158. The maximum Gasteiger partial charge on any atom is 0.423 e. The van der Waals surface area contributed by atoms with Gasteiger partial charge in [0.2, 0.25) is 5.60 Å². The fourth-order valence-corrected chi connectivity index (χ4v) is 4.31. The number of hydrogen-bond acceptors (Lipinski definition) is 3. The second kappa shape index (κ2) is 8.98. The van der Waals surface area contributed by atoms with Gasteiger partial charge in [0.05, 0.1) is 6.04 Å². The van der Waals surface area contributed by atoms with E-state index >= 15 is 0 Å². The van der Waals surface area contributed by atoms with E-state index in [0.717, 1.165) is 17.2 Å². The number of carbonyl (C=O) groups is 1. The Morgan fingerprint density at radius 3 is 2.24 bits per heavy atom. The molecule has 0 spiro atoms. The van der Waals surface area contributed by atoms with E-state index in [2.05, 4.69) is 0 Å². The molecule has 1 N–H and O–H groups in total. The van der Waals surface area contributed by atoms with Gasteiger partial charge in [-0.1, -0.05) is 35.3 Å². The summed E-state index contributed by atoms with van der Waals surface area (Å²) in [4.78, 5) is 17.4. The van der Waals surface area contributed by atoms with Crippen molar-refractivity contribution in [1.82, 2.24) is 10.4 Å². The normalized spacial score (nSPS) is 21.9. The molecule has 4 nitrogen and oxygen atoms in total. The largest absolute Gasteiger partial charge is 0.423 e. The highest BCUT2D eigenvalue weighted by molar-refractivity contribution is 6.34. The SMILES string of the molecule is Cc1cc(C2CC(c3cc(Cl)cc(Cl)c3)(C(F)(F)F)ON2C)ccc1C(=O)NCC(F)(F)F. The Kier molecular flexibility index (Phi) is 6.97. The van der Waals surface area contributed by atoms with E-state index in [1.54, 1.807) is 5.32 Å². The van der Waals surface area contributed by atoms with Crippen molar-refractivity contribution < 1.29 is 36.0 Å². The second-order valence-corrected chi connectivity index (χ2v) is 8.59. The number of nitrogens with zero attached hydrogens (tertiary/aromatic N) is 1. The van der Waals surface area contributed by atoms with Gasteiger partial charge in [-0.3, -0.25) is 9.63 Å². The first-order valence-corrected chi connectivity index (χ1v) is 10.3. The zero-order valence-electron chi connectivity index (χ0n) is 17.2. The molecule has 1 saturated heterocycles. The van der Waals surface area contributed by atoms with Crippen molar-refractivity contribution in [3.63, 3.8) is 0 Å². The zero-order valence-corrected chi connectivity index (χ0v) is 18.8. The maximum atomic E-state index is 14.3. The third kappa shape index (κ3) is 5.40. The zero-order chi connectivity index (χ0) is 24.8. The van der Waals surface area contributed by atoms with Crippen LogP contribution in [0.2, 0.25) is 10.0 Å². The molecule has 1 amide bonds. The van der Waals surface area contributed by atoms with Crippen LogP contribution in [0.25, 0.3) is 0 Å². The lowest BCUT2D eigenvalue weighted by Crippen LogP contribution is -2.42. The van der Waals surface area contributed by atoms with E-state index < -0.39 is 42.9 Å². The van der Waals surface area contributed by atoms with Crippen LogP contribution in [0.3, 0.4) is 0 Å². The molecule has 0 bridgehead atoms. The van der Waals surface area contributed by atoms with Gasteiger partial charge < -0.3 is 5.32 Å². The molecular formula is C21H18Cl2F6N2O2. The number of alkyl halides is 6. The second-order valence-electron chi connectivity index (χ2n) is 7.71. The van der Waals surface area contributed by atoms with Gasteiger partial charge in [-0.05, 0) is 47.9 Å². The maximum absolute atomic E-state index is 14.3. The van der Waals surface area contributed by atoms with Crippen molar-refractivity contribution in [2.75, 3.05) is 13.6 Å². The summed E-state index contributed by atoms with van der Waals surface area (Å²) < 4.78 is 79.9. The minimum atomic E-state index is -4.82. The molecule has 1 aliphatic rings. The van der Waals surface area contributed by atoms with Crippen molar-refractivity contribution in [2.45, 2.75) is 37.3 Å². The number of amides is 1. The van der Waals surface area contributed by atoms with Crippen LogP contribution in [0.15, 0.2) is 36.4 Å². The molecule has 0 aromatic heterocycles. The Hall–Kier alpha value is -2.01. The monoisotopic (exact) mass is 514 g/mol. The molecule has 1 fully saturated rings. The molecule has 2 aromatic carbocycles. The molecule has 1 aliphatic heterocycles. The topological polar surface area (TPSA) is 41.6 Å². The van der Waals surface area contributed by atoms with Crippen molar-refractivity contribution >= 4 is 29.1 Å². The fourth-order valence-electron chi connectivity index (χ4n) is 3.79. The lowest BCUT2D eigenvalue weighted by molar-refractivity contribution is -0.322. The number of hydroxylamine groups is 2. The Bertz CT molecular complexity index is 1040. The summed E-state index contributed by atoms with van der Waals surface area (Å²) in [6, 6.07) is 6.80. The molecule has 2 atom stereocenters. The van der Waals surface area contributed by atoms with E-state index in [4.69, 9.17) is 28.0 Å². The van der Waals surface area contributed by atoms with Crippen molar-refractivity contribution in [1.29, 1.82) is 0 Å². The van der Waals surface area contributed by atoms with E-state index in [9.17, 15) is 31.1 Å². The number of halogens is 8. The van der Waals surface area contributed by atoms with E-state index in [1.165, 1.54) is 38.2 Å². The van der Waals surface area contributed by atoms with Crippen molar-refractivity contribution in [3.8, 4) is 0 Å². The Morgan fingerprint density at radius 2 is 1.73 bits per heavy atom. The molecular weight excluding hydrogens is 497 g/mol. The van der Waals surface area contributed by atoms with Crippen LogP contribution in [0.1, 0.15) is 39.5 Å². The average Bonchev–Trinajstić information content (AvgIpc) is 3.03. The summed E-state index contributed by atoms with van der Waals surface area (Å²) in [5.74, 6) is -0.939. The fraction of sp³-hybridized carbons (Fsp3) is 0.381. The molecule has 33 heavy (non-hydrogen) atoms. The Balaban J connectivity index is 1.93. The molecule has 12 heteroatoms. The van der Waals surface area contributed by atoms with Crippen molar-refractivity contribution in [2.24, 2.45) is 0 Å². The molecule has 180 valence electrons.